The molecule has 0 unspecified atom stereocenters. The molecular formula is C23H30N4O2S. The summed E-state index contributed by atoms with van der Waals surface area (Å²) in [6.45, 7) is 8.37. The van der Waals surface area contributed by atoms with Crippen LogP contribution in [0.3, 0.4) is 0 Å². The third kappa shape index (κ3) is 4.36. The molecule has 2 fully saturated rings. The molecule has 1 aromatic carbocycles. The van der Waals surface area contributed by atoms with E-state index in [1.54, 1.807) is 11.3 Å². The summed E-state index contributed by atoms with van der Waals surface area (Å²) in [5.74, 6) is 0.275. The lowest BCUT2D eigenvalue weighted by Gasteiger charge is -2.37. The molecule has 2 aliphatic heterocycles. The number of aromatic nitrogens is 1. The number of likely N-dealkylation sites (tertiary alicyclic amines) is 2. The molecule has 1 aromatic heterocycles. The maximum absolute atomic E-state index is 12.8. The van der Waals surface area contributed by atoms with E-state index < -0.39 is 0 Å². The summed E-state index contributed by atoms with van der Waals surface area (Å²) < 4.78 is 0. The predicted molar refractivity (Wildman–Crippen MR) is 120 cm³/mol. The molecule has 7 heteroatoms. The van der Waals surface area contributed by atoms with E-state index in [1.165, 1.54) is 5.56 Å². The number of thiazole rings is 1. The third-order valence-electron chi connectivity index (χ3n) is 6.17. The van der Waals surface area contributed by atoms with Gasteiger partial charge in [-0.2, -0.15) is 0 Å². The quantitative estimate of drug-likeness (QED) is 0.793. The van der Waals surface area contributed by atoms with Crippen molar-refractivity contribution in [2.45, 2.75) is 58.5 Å². The van der Waals surface area contributed by atoms with Crippen LogP contribution in [0.25, 0.3) is 10.6 Å². The molecule has 0 saturated carbocycles. The smallest absolute Gasteiger partial charge is 0.317 e. The molecule has 2 saturated heterocycles. The van der Waals surface area contributed by atoms with Gasteiger partial charge in [-0.15, -0.1) is 11.3 Å². The van der Waals surface area contributed by atoms with Gasteiger partial charge in [0.1, 0.15) is 5.01 Å². The lowest BCUT2D eigenvalue weighted by molar-refractivity contribution is -0.130. The first-order valence-corrected chi connectivity index (χ1v) is 11.6. The van der Waals surface area contributed by atoms with Crippen LogP contribution in [0, 0.1) is 13.8 Å². The maximum Gasteiger partial charge on any atom is 0.317 e. The summed E-state index contributed by atoms with van der Waals surface area (Å²) in [5, 5.41) is 4.14. The number of carbonyl (C=O) groups excluding carboxylic acids is 2. The van der Waals surface area contributed by atoms with Crippen molar-refractivity contribution in [3.63, 3.8) is 0 Å². The Labute approximate surface area is 182 Å². The maximum atomic E-state index is 12.8. The minimum atomic E-state index is -0.0907. The zero-order valence-electron chi connectivity index (χ0n) is 18.0. The van der Waals surface area contributed by atoms with Crippen LogP contribution in [0.15, 0.2) is 24.3 Å². The number of amides is 3. The molecule has 0 aliphatic carbocycles. The highest BCUT2D eigenvalue weighted by Gasteiger charge is 2.32. The van der Waals surface area contributed by atoms with Crippen molar-refractivity contribution >= 4 is 23.3 Å². The summed E-state index contributed by atoms with van der Waals surface area (Å²) in [5.41, 5.74) is 3.30. The monoisotopic (exact) mass is 426 g/mol. The van der Waals surface area contributed by atoms with Crippen molar-refractivity contribution < 1.29 is 9.59 Å². The second kappa shape index (κ2) is 8.76. The Morgan fingerprint density at radius 3 is 2.50 bits per heavy atom. The van der Waals surface area contributed by atoms with Gasteiger partial charge in [-0.05, 0) is 40.0 Å². The van der Waals surface area contributed by atoms with Crippen LogP contribution in [0.4, 0.5) is 4.79 Å². The second-order valence-corrected chi connectivity index (χ2v) is 9.45. The molecule has 160 valence electrons. The summed E-state index contributed by atoms with van der Waals surface area (Å²) in [6, 6.07) is 8.55. The molecule has 3 heterocycles. The molecule has 1 atom stereocenters. The van der Waals surface area contributed by atoms with Gasteiger partial charge in [0, 0.05) is 37.7 Å². The molecule has 2 aliphatic rings. The van der Waals surface area contributed by atoms with E-state index in [9.17, 15) is 9.59 Å². The first-order valence-electron chi connectivity index (χ1n) is 10.8. The number of nitrogens with zero attached hydrogens (tertiary/aromatic N) is 3. The first kappa shape index (κ1) is 20.8. The topological polar surface area (TPSA) is 65.5 Å². The van der Waals surface area contributed by atoms with E-state index in [0.717, 1.165) is 46.9 Å². The first-order chi connectivity index (χ1) is 14.4. The van der Waals surface area contributed by atoms with Crippen LogP contribution < -0.4 is 5.32 Å². The van der Waals surface area contributed by atoms with Crippen molar-refractivity contribution in [1.82, 2.24) is 20.1 Å². The predicted octanol–water partition coefficient (Wildman–Crippen LogP) is 4.28. The zero-order valence-corrected chi connectivity index (χ0v) is 18.8. The lowest BCUT2D eigenvalue weighted by Crippen LogP contribution is -2.50. The lowest BCUT2D eigenvalue weighted by atomic mass is 10.0. The van der Waals surface area contributed by atoms with E-state index in [0.29, 0.717) is 25.6 Å². The fourth-order valence-electron chi connectivity index (χ4n) is 4.41. The average molecular weight is 427 g/mol. The molecule has 1 N–H and O–H groups in total. The number of hydrogen-bond acceptors (Lipinski definition) is 4. The van der Waals surface area contributed by atoms with Crippen molar-refractivity contribution in [2.24, 2.45) is 0 Å². The summed E-state index contributed by atoms with van der Waals surface area (Å²) >= 11 is 1.64. The number of nitrogens with one attached hydrogen (secondary N) is 1. The molecule has 30 heavy (non-hydrogen) atoms. The molecule has 0 bridgehead atoms. The van der Waals surface area contributed by atoms with Gasteiger partial charge in [0.15, 0.2) is 0 Å². The molecule has 4 rings (SSSR count). The van der Waals surface area contributed by atoms with E-state index in [-0.39, 0.29) is 18.0 Å². The third-order valence-corrected chi connectivity index (χ3v) is 7.56. The average Bonchev–Trinajstić information content (AvgIpc) is 3.34. The molecule has 2 aromatic rings. The minimum absolute atomic E-state index is 0.0293. The molecule has 3 amide bonds. The van der Waals surface area contributed by atoms with Crippen molar-refractivity contribution in [3.8, 4) is 10.6 Å². The highest BCUT2D eigenvalue weighted by atomic mass is 32.1. The Hall–Kier alpha value is -2.41. The van der Waals surface area contributed by atoms with E-state index in [2.05, 4.69) is 36.5 Å². The van der Waals surface area contributed by atoms with Crippen molar-refractivity contribution in [2.75, 3.05) is 19.6 Å². The van der Waals surface area contributed by atoms with Crippen LogP contribution in [0.5, 0.6) is 0 Å². The fraction of sp³-hybridized carbons (Fsp3) is 0.522. The van der Waals surface area contributed by atoms with Crippen LogP contribution >= 0.6 is 11.3 Å². The molecule has 0 radical (unpaired) electrons. The van der Waals surface area contributed by atoms with Gasteiger partial charge in [0.2, 0.25) is 5.91 Å². The minimum Gasteiger partial charge on any atom is -0.340 e. The number of benzene rings is 1. The standard InChI is InChI=1S/C23H30N4O2S/c1-15-6-8-18(9-7-15)22-24-16(2)21(30-22)17(3)25-23(29)26-13-10-19(11-14-26)27-12-4-5-20(27)28/h6-9,17,19H,4-5,10-14H2,1-3H3,(H,25,29)/t17-/m1/s1. The normalized spacial score (nSPS) is 18.7. The number of carbonyl (C=O) groups is 2. The fourth-order valence-corrected chi connectivity index (χ4v) is 5.48. The molecule has 0 spiro atoms. The Bertz CT molecular complexity index is 916. The summed E-state index contributed by atoms with van der Waals surface area (Å²) in [6.07, 6.45) is 3.38. The van der Waals surface area contributed by atoms with Crippen molar-refractivity contribution in [1.29, 1.82) is 0 Å². The SMILES string of the molecule is Cc1ccc(-c2nc(C)c([C@@H](C)NC(=O)N3CCC(N4CCCC4=O)CC3)s2)cc1. The Morgan fingerprint density at radius 1 is 1.17 bits per heavy atom. The Balaban J connectivity index is 1.35. The van der Waals surface area contributed by atoms with Gasteiger partial charge in [-0.25, -0.2) is 9.78 Å². The van der Waals surface area contributed by atoms with Gasteiger partial charge in [-0.3, -0.25) is 4.79 Å². The Kier molecular flexibility index (Phi) is 6.09. The highest BCUT2D eigenvalue weighted by Crippen LogP contribution is 2.32. The van der Waals surface area contributed by atoms with Crippen LogP contribution in [0.1, 0.15) is 54.8 Å². The largest absolute Gasteiger partial charge is 0.340 e. The van der Waals surface area contributed by atoms with Gasteiger partial charge >= 0.3 is 6.03 Å². The highest BCUT2D eigenvalue weighted by molar-refractivity contribution is 7.15. The van der Waals surface area contributed by atoms with Crippen LogP contribution in [-0.4, -0.2) is 52.4 Å². The summed E-state index contributed by atoms with van der Waals surface area (Å²) in [4.78, 5) is 34.5. The number of rotatable bonds is 4. The van der Waals surface area contributed by atoms with Crippen molar-refractivity contribution in [3.05, 3.63) is 40.4 Å². The zero-order chi connectivity index (χ0) is 21.3. The van der Waals surface area contributed by atoms with Gasteiger partial charge in [-0.1, -0.05) is 29.8 Å². The number of piperidine rings is 1. The van der Waals surface area contributed by atoms with Gasteiger partial charge in [0.25, 0.3) is 0 Å². The van der Waals surface area contributed by atoms with Crippen LogP contribution in [0.2, 0.25) is 0 Å². The van der Waals surface area contributed by atoms with Gasteiger partial charge < -0.3 is 15.1 Å². The van der Waals surface area contributed by atoms with Crippen LogP contribution in [-0.2, 0) is 4.79 Å². The number of hydrogen-bond donors (Lipinski definition) is 1. The van der Waals surface area contributed by atoms with Gasteiger partial charge in [0.05, 0.1) is 16.6 Å². The molecular weight excluding hydrogens is 396 g/mol. The second-order valence-electron chi connectivity index (χ2n) is 8.41. The van der Waals surface area contributed by atoms with E-state index in [1.807, 2.05) is 23.6 Å². The number of aryl methyl sites for hydroxylation is 2. The molecule has 6 nitrogen and oxygen atoms in total. The van der Waals surface area contributed by atoms with E-state index >= 15 is 0 Å². The Morgan fingerprint density at radius 2 is 1.87 bits per heavy atom. The summed E-state index contributed by atoms with van der Waals surface area (Å²) in [7, 11) is 0. The van der Waals surface area contributed by atoms with E-state index in [4.69, 9.17) is 4.98 Å². The number of urea groups is 1.